The van der Waals surface area contributed by atoms with Crippen molar-refractivity contribution in [1.82, 2.24) is 4.90 Å². The van der Waals surface area contributed by atoms with Gasteiger partial charge in [0, 0.05) is 12.5 Å². The van der Waals surface area contributed by atoms with Gasteiger partial charge in [-0.15, -0.1) is 0 Å². The molecule has 0 aliphatic carbocycles. The second-order valence-corrected chi connectivity index (χ2v) is 3.08. The SMILES string of the molecule is CC(N)CCC(=O)N(CC#N)CC#N. The molecule has 0 radical (unpaired) electrons. The van der Waals surface area contributed by atoms with Gasteiger partial charge in [0.15, 0.2) is 0 Å². The van der Waals surface area contributed by atoms with Crippen LogP contribution in [0.25, 0.3) is 0 Å². The quantitative estimate of drug-likeness (QED) is 0.623. The molecule has 2 N–H and O–H groups in total. The Kier molecular flexibility index (Phi) is 6.09. The lowest BCUT2D eigenvalue weighted by Gasteiger charge is -2.16. The predicted octanol–water partition coefficient (Wildman–Crippen LogP) is -0.0104. The van der Waals surface area contributed by atoms with Gasteiger partial charge in [-0.25, -0.2) is 0 Å². The first-order chi connectivity index (χ1) is 6.61. The van der Waals surface area contributed by atoms with Crippen LogP contribution in [0.1, 0.15) is 19.8 Å². The second-order valence-electron chi connectivity index (χ2n) is 3.08. The molecule has 1 amide bonds. The Bertz CT molecular complexity index is 245. The topological polar surface area (TPSA) is 93.9 Å². The van der Waals surface area contributed by atoms with Crippen molar-refractivity contribution in [3.63, 3.8) is 0 Å². The van der Waals surface area contributed by atoms with Gasteiger partial charge in [0.25, 0.3) is 0 Å². The minimum absolute atomic E-state index is 0.0364. The van der Waals surface area contributed by atoms with Gasteiger partial charge in [-0.1, -0.05) is 0 Å². The summed E-state index contributed by atoms with van der Waals surface area (Å²) in [5.74, 6) is -0.189. The third-order valence-electron chi connectivity index (χ3n) is 1.69. The summed E-state index contributed by atoms with van der Waals surface area (Å²) in [7, 11) is 0. The van der Waals surface area contributed by atoms with Crippen molar-refractivity contribution < 1.29 is 4.79 Å². The molecule has 0 aromatic heterocycles. The highest BCUT2D eigenvalue weighted by Crippen LogP contribution is 1.99. The van der Waals surface area contributed by atoms with Crippen LogP contribution >= 0.6 is 0 Å². The zero-order chi connectivity index (χ0) is 11.0. The standard InChI is InChI=1S/C9H14N4O/c1-8(12)2-3-9(14)13(6-4-10)7-5-11/h8H,2-3,6-7,12H2,1H3. The van der Waals surface area contributed by atoms with E-state index in [1.807, 2.05) is 19.1 Å². The number of rotatable bonds is 5. The molecule has 5 heteroatoms. The molecule has 0 bridgehead atoms. The predicted molar refractivity (Wildman–Crippen MR) is 50.7 cm³/mol. The fourth-order valence-electron chi connectivity index (χ4n) is 0.912. The number of nitrogens with two attached hydrogens (primary N) is 1. The van der Waals surface area contributed by atoms with Crippen LogP contribution in [0.5, 0.6) is 0 Å². The lowest BCUT2D eigenvalue weighted by Crippen LogP contribution is -2.32. The van der Waals surface area contributed by atoms with Crippen LogP contribution in [0.15, 0.2) is 0 Å². The molecular weight excluding hydrogens is 180 g/mol. The Hall–Kier alpha value is -1.59. The summed E-state index contributed by atoms with van der Waals surface area (Å²) in [5.41, 5.74) is 5.49. The van der Waals surface area contributed by atoms with Gasteiger partial charge >= 0.3 is 0 Å². The van der Waals surface area contributed by atoms with E-state index in [4.69, 9.17) is 16.3 Å². The molecule has 0 rings (SSSR count). The Morgan fingerprint density at radius 2 is 1.93 bits per heavy atom. The third kappa shape index (κ3) is 5.13. The highest BCUT2D eigenvalue weighted by atomic mass is 16.2. The molecule has 0 aromatic carbocycles. The molecule has 1 atom stereocenters. The van der Waals surface area contributed by atoms with E-state index in [2.05, 4.69) is 0 Å². The van der Waals surface area contributed by atoms with Crippen LogP contribution in [0.3, 0.4) is 0 Å². The van der Waals surface area contributed by atoms with Crippen LogP contribution in [0.2, 0.25) is 0 Å². The molecule has 14 heavy (non-hydrogen) atoms. The number of amides is 1. The number of nitrogens with zero attached hydrogens (tertiary/aromatic N) is 3. The highest BCUT2D eigenvalue weighted by Gasteiger charge is 2.12. The fraction of sp³-hybridized carbons (Fsp3) is 0.667. The number of nitriles is 2. The molecule has 0 spiro atoms. The van der Waals surface area contributed by atoms with Gasteiger partial charge in [-0.3, -0.25) is 4.79 Å². The Morgan fingerprint density at radius 1 is 1.43 bits per heavy atom. The summed E-state index contributed by atoms with van der Waals surface area (Å²) in [4.78, 5) is 12.6. The maximum Gasteiger partial charge on any atom is 0.224 e. The summed E-state index contributed by atoms with van der Waals surface area (Å²) in [6.07, 6.45) is 0.868. The molecule has 1 unspecified atom stereocenters. The van der Waals surface area contributed by atoms with Gasteiger partial charge in [-0.2, -0.15) is 10.5 Å². The molecule has 0 aliphatic rings. The number of carbonyl (C=O) groups is 1. The first kappa shape index (κ1) is 12.4. The van der Waals surface area contributed by atoms with Crippen molar-refractivity contribution in [2.24, 2.45) is 5.73 Å². The largest absolute Gasteiger partial charge is 0.328 e. The number of hydrogen-bond donors (Lipinski definition) is 1. The van der Waals surface area contributed by atoms with Crippen LogP contribution in [-0.4, -0.2) is 29.9 Å². The molecule has 0 heterocycles. The zero-order valence-electron chi connectivity index (χ0n) is 8.23. The molecule has 0 saturated carbocycles. The van der Waals surface area contributed by atoms with Crippen molar-refractivity contribution in [1.29, 1.82) is 10.5 Å². The van der Waals surface area contributed by atoms with Crippen LogP contribution in [0.4, 0.5) is 0 Å². The minimum Gasteiger partial charge on any atom is -0.328 e. The Labute approximate surface area is 83.7 Å². The van der Waals surface area contributed by atoms with Crippen LogP contribution in [0, 0.1) is 22.7 Å². The van der Waals surface area contributed by atoms with E-state index in [-0.39, 0.29) is 25.0 Å². The summed E-state index contributed by atoms with van der Waals surface area (Å²) < 4.78 is 0. The van der Waals surface area contributed by atoms with E-state index < -0.39 is 0 Å². The molecule has 0 fully saturated rings. The van der Waals surface area contributed by atoms with Gasteiger partial charge in [0.1, 0.15) is 13.1 Å². The normalized spacial score (nSPS) is 11.1. The van der Waals surface area contributed by atoms with E-state index in [0.29, 0.717) is 12.8 Å². The highest BCUT2D eigenvalue weighted by molar-refractivity contribution is 5.76. The average molecular weight is 194 g/mol. The molecule has 5 nitrogen and oxygen atoms in total. The summed E-state index contributed by atoms with van der Waals surface area (Å²) in [6.45, 7) is 1.74. The number of carbonyl (C=O) groups excluding carboxylic acids is 1. The van der Waals surface area contributed by atoms with E-state index in [1.165, 1.54) is 4.90 Å². The van der Waals surface area contributed by atoms with Crippen molar-refractivity contribution in [2.75, 3.05) is 13.1 Å². The summed E-state index contributed by atoms with van der Waals surface area (Å²) >= 11 is 0. The maximum absolute atomic E-state index is 11.4. The Balaban J connectivity index is 4.04. The second kappa shape index (κ2) is 6.88. The third-order valence-corrected chi connectivity index (χ3v) is 1.69. The monoisotopic (exact) mass is 194 g/mol. The van der Waals surface area contributed by atoms with Crippen molar-refractivity contribution in [3.8, 4) is 12.1 Å². The van der Waals surface area contributed by atoms with E-state index in [1.54, 1.807) is 0 Å². The lowest BCUT2D eigenvalue weighted by atomic mass is 10.2. The first-order valence-electron chi connectivity index (χ1n) is 4.39. The maximum atomic E-state index is 11.4. The van der Waals surface area contributed by atoms with Crippen LogP contribution < -0.4 is 5.73 Å². The average Bonchev–Trinajstić information content (AvgIpc) is 2.14. The first-order valence-corrected chi connectivity index (χ1v) is 4.39. The van der Waals surface area contributed by atoms with Crippen molar-refractivity contribution >= 4 is 5.91 Å². The molecule has 0 saturated heterocycles. The van der Waals surface area contributed by atoms with E-state index in [0.717, 1.165) is 0 Å². The van der Waals surface area contributed by atoms with Crippen molar-refractivity contribution in [3.05, 3.63) is 0 Å². The fourth-order valence-corrected chi connectivity index (χ4v) is 0.912. The van der Waals surface area contributed by atoms with Gasteiger partial charge in [-0.05, 0) is 13.3 Å². The van der Waals surface area contributed by atoms with E-state index >= 15 is 0 Å². The number of hydrogen-bond acceptors (Lipinski definition) is 4. The molecular formula is C9H14N4O. The zero-order valence-corrected chi connectivity index (χ0v) is 8.23. The van der Waals surface area contributed by atoms with Gasteiger partial charge < -0.3 is 10.6 Å². The molecule has 0 aromatic rings. The molecule has 76 valence electrons. The minimum atomic E-state index is -0.189. The summed E-state index contributed by atoms with van der Waals surface area (Å²) in [5, 5.41) is 16.8. The molecule has 0 aliphatic heterocycles. The van der Waals surface area contributed by atoms with E-state index in [9.17, 15) is 4.79 Å². The smallest absolute Gasteiger partial charge is 0.224 e. The van der Waals surface area contributed by atoms with Gasteiger partial charge in [0.2, 0.25) is 5.91 Å². The van der Waals surface area contributed by atoms with Gasteiger partial charge in [0.05, 0.1) is 12.1 Å². The van der Waals surface area contributed by atoms with Crippen LogP contribution in [-0.2, 0) is 4.79 Å². The summed E-state index contributed by atoms with van der Waals surface area (Å²) in [6, 6.07) is 3.65. The Morgan fingerprint density at radius 3 is 2.29 bits per heavy atom. The van der Waals surface area contributed by atoms with Crippen molar-refractivity contribution in [2.45, 2.75) is 25.8 Å². The lowest BCUT2D eigenvalue weighted by molar-refractivity contribution is -0.130.